The SMILES string of the molecule is CN(C)C(=O)[C@H]1CC[C@H](NC(=O)c2cc3cc(Cl)ccc3[nH]2)[C@H](NC(=O)c2nc3c(s2)CNC3)C1. The van der Waals surface area contributed by atoms with Gasteiger partial charge in [0.05, 0.1) is 11.7 Å². The van der Waals surface area contributed by atoms with Crippen LogP contribution in [-0.4, -0.2) is 58.8 Å². The van der Waals surface area contributed by atoms with E-state index in [1.807, 2.05) is 6.07 Å². The van der Waals surface area contributed by atoms with Crippen LogP contribution in [0.4, 0.5) is 0 Å². The molecule has 0 saturated heterocycles. The van der Waals surface area contributed by atoms with Crippen LogP contribution in [0.5, 0.6) is 0 Å². The van der Waals surface area contributed by atoms with Crippen LogP contribution < -0.4 is 16.0 Å². The fourth-order valence-corrected chi connectivity index (χ4v) is 5.98. The Hall–Kier alpha value is -2.95. The summed E-state index contributed by atoms with van der Waals surface area (Å²) < 4.78 is 0. The number of H-pyrrole nitrogens is 1. The number of carbonyl (C=O) groups is 3. The summed E-state index contributed by atoms with van der Waals surface area (Å²) in [7, 11) is 3.47. The molecule has 1 fully saturated rings. The molecule has 4 N–H and O–H groups in total. The van der Waals surface area contributed by atoms with E-state index in [-0.39, 0.29) is 29.7 Å². The highest BCUT2D eigenvalue weighted by Gasteiger charge is 2.37. The van der Waals surface area contributed by atoms with E-state index in [4.69, 9.17) is 11.6 Å². The summed E-state index contributed by atoms with van der Waals surface area (Å²) in [4.78, 5) is 49.1. The Labute approximate surface area is 211 Å². The smallest absolute Gasteiger partial charge is 0.280 e. The van der Waals surface area contributed by atoms with E-state index in [1.54, 1.807) is 37.2 Å². The number of amides is 3. The highest BCUT2D eigenvalue weighted by atomic mass is 35.5. The Morgan fingerprint density at radius 1 is 1.09 bits per heavy atom. The van der Waals surface area contributed by atoms with Gasteiger partial charge in [0.25, 0.3) is 11.8 Å². The molecule has 3 amide bonds. The maximum Gasteiger partial charge on any atom is 0.280 e. The van der Waals surface area contributed by atoms with Gasteiger partial charge in [0.1, 0.15) is 5.69 Å². The van der Waals surface area contributed by atoms with Crippen molar-refractivity contribution in [2.75, 3.05) is 14.1 Å². The standard InChI is InChI=1S/C24H27ClN6O3S/c1-31(2)24(34)12-3-5-16(28-21(32)18-9-13-7-14(25)4-6-15(13)27-18)17(8-12)29-22(33)23-30-19-10-26-11-20(19)35-23/h4,6-7,9,12,16-17,26-27H,3,5,8,10-11H2,1-2H3,(H,28,32)(H,29,33)/t12-,16-,17+/m0/s1. The number of carbonyl (C=O) groups excluding carboxylic acids is 3. The van der Waals surface area contributed by atoms with Gasteiger partial charge in [-0.05, 0) is 43.5 Å². The van der Waals surface area contributed by atoms with Gasteiger partial charge in [0, 0.05) is 59.9 Å². The van der Waals surface area contributed by atoms with E-state index in [2.05, 4.69) is 25.9 Å². The molecule has 0 spiro atoms. The molecule has 3 aromatic rings. The van der Waals surface area contributed by atoms with Gasteiger partial charge < -0.3 is 25.8 Å². The number of hydrogen-bond acceptors (Lipinski definition) is 6. The van der Waals surface area contributed by atoms with E-state index >= 15 is 0 Å². The third-order valence-corrected chi connectivity index (χ3v) is 7.98. The van der Waals surface area contributed by atoms with Gasteiger partial charge in [0.15, 0.2) is 5.01 Å². The predicted octanol–water partition coefficient (Wildman–Crippen LogP) is 2.67. The molecule has 9 nitrogen and oxygen atoms in total. The van der Waals surface area contributed by atoms with E-state index in [0.29, 0.717) is 41.5 Å². The van der Waals surface area contributed by atoms with E-state index in [1.165, 1.54) is 11.3 Å². The van der Waals surface area contributed by atoms with Crippen molar-refractivity contribution in [1.29, 1.82) is 0 Å². The average molecular weight is 515 g/mol. The quantitative estimate of drug-likeness (QED) is 0.417. The number of hydrogen-bond donors (Lipinski definition) is 4. The number of halogens is 1. The zero-order chi connectivity index (χ0) is 24.7. The van der Waals surface area contributed by atoms with Gasteiger partial charge in [-0.3, -0.25) is 14.4 Å². The summed E-state index contributed by atoms with van der Waals surface area (Å²) in [6, 6.07) is 6.44. The van der Waals surface area contributed by atoms with Crippen LogP contribution in [0, 0.1) is 5.92 Å². The van der Waals surface area contributed by atoms with Crippen LogP contribution in [0.1, 0.15) is 50.1 Å². The molecule has 1 aliphatic carbocycles. The van der Waals surface area contributed by atoms with Crippen LogP contribution in [0.15, 0.2) is 24.3 Å². The highest BCUT2D eigenvalue weighted by molar-refractivity contribution is 7.13. The number of aromatic amines is 1. The van der Waals surface area contributed by atoms with Crippen molar-refractivity contribution in [3.63, 3.8) is 0 Å². The second-order valence-electron chi connectivity index (χ2n) is 9.31. The molecule has 184 valence electrons. The van der Waals surface area contributed by atoms with E-state index < -0.39 is 6.04 Å². The number of nitrogens with zero attached hydrogens (tertiary/aromatic N) is 2. The largest absolute Gasteiger partial charge is 0.351 e. The van der Waals surface area contributed by atoms with Crippen LogP contribution in [0.25, 0.3) is 10.9 Å². The van der Waals surface area contributed by atoms with Gasteiger partial charge >= 0.3 is 0 Å². The first kappa shape index (κ1) is 23.8. The topological polar surface area (TPSA) is 119 Å². The minimum absolute atomic E-state index is 0.0285. The Kier molecular flexibility index (Phi) is 6.52. The van der Waals surface area contributed by atoms with Gasteiger partial charge in [0.2, 0.25) is 5.91 Å². The molecular formula is C24H27ClN6O3S. The van der Waals surface area contributed by atoms with E-state index in [9.17, 15) is 14.4 Å². The van der Waals surface area contributed by atoms with Crippen molar-refractivity contribution in [2.24, 2.45) is 5.92 Å². The van der Waals surface area contributed by atoms with Crippen molar-refractivity contribution >= 4 is 51.6 Å². The Morgan fingerprint density at radius 3 is 2.66 bits per heavy atom. The number of fused-ring (bicyclic) bond motifs is 2. The number of thiazole rings is 1. The second-order valence-corrected chi connectivity index (χ2v) is 10.8. The molecule has 1 aromatic carbocycles. The lowest BCUT2D eigenvalue weighted by molar-refractivity contribution is -0.134. The molecule has 0 radical (unpaired) electrons. The summed E-state index contributed by atoms with van der Waals surface area (Å²) in [5, 5.41) is 11.2. The Bertz CT molecular complexity index is 1280. The summed E-state index contributed by atoms with van der Waals surface area (Å²) >= 11 is 7.46. The predicted molar refractivity (Wildman–Crippen MR) is 135 cm³/mol. The summed E-state index contributed by atoms with van der Waals surface area (Å²) in [6.45, 7) is 1.38. The fraction of sp³-hybridized carbons (Fsp3) is 0.417. The second kappa shape index (κ2) is 9.60. The van der Waals surface area contributed by atoms with Crippen molar-refractivity contribution in [2.45, 2.75) is 44.4 Å². The van der Waals surface area contributed by atoms with Gasteiger partial charge in [-0.1, -0.05) is 11.6 Å². The maximum atomic E-state index is 13.1. The van der Waals surface area contributed by atoms with Crippen LogP contribution in [-0.2, 0) is 17.9 Å². The molecule has 3 heterocycles. The molecule has 11 heteroatoms. The lowest BCUT2D eigenvalue weighted by Gasteiger charge is -2.37. The first-order valence-corrected chi connectivity index (χ1v) is 12.8. The number of benzene rings is 1. The zero-order valence-electron chi connectivity index (χ0n) is 19.5. The van der Waals surface area contributed by atoms with Crippen molar-refractivity contribution in [1.82, 2.24) is 30.8 Å². The minimum atomic E-state index is -0.398. The lowest BCUT2D eigenvalue weighted by atomic mass is 9.81. The van der Waals surface area contributed by atoms with Gasteiger partial charge in [-0.2, -0.15) is 0 Å². The Balaban J connectivity index is 1.33. The third kappa shape index (κ3) is 4.91. The summed E-state index contributed by atoms with van der Waals surface area (Å²) in [5.74, 6) is -0.727. The van der Waals surface area contributed by atoms with Crippen molar-refractivity contribution in [3.05, 3.63) is 50.6 Å². The third-order valence-electron chi connectivity index (χ3n) is 6.65. The Morgan fingerprint density at radius 2 is 1.89 bits per heavy atom. The fourth-order valence-electron chi connectivity index (χ4n) is 4.85. The maximum absolute atomic E-state index is 13.1. The summed E-state index contributed by atoms with van der Waals surface area (Å²) in [6.07, 6.45) is 1.65. The highest BCUT2D eigenvalue weighted by Crippen LogP contribution is 2.28. The molecule has 2 aromatic heterocycles. The van der Waals surface area contributed by atoms with Crippen LogP contribution >= 0.6 is 22.9 Å². The van der Waals surface area contributed by atoms with Crippen molar-refractivity contribution in [3.8, 4) is 0 Å². The average Bonchev–Trinajstić information content (AvgIpc) is 3.54. The minimum Gasteiger partial charge on any atom is -0.351 e. The van der Waals surface area contributed by atoms with Crippen LogP contribution in [0.3, 0.4) is 0 Å². The lowest BCUT2D eigenvalue weighted by Crippen LogP contribution is -2.56. The van der Waals surface area contributed by atoms with E-state index in [0.717, 1.165) is 28.0 Å². The molecule has 1 saturated carbocycles. The monoisotopic (exact) mass is 514 g/mol. The normalized spacial score (nSPS) is 21.5. The molecule has 0 bridgehead atoms. The number of rotatable bonds is 5. The molecule has 35 heavy (non-hydrogen) atoms. The molecule has 1 aliphatic heterocycles. The van der Waals surface area contributed by atoms with Gasteiger partial charge in [-0.15, -0.1) is 11.3 Å². The van der Waals surface area contributed by atoms with Gasteiger partial charge in [-0.25, -0.2) is 4.98 Å². The molecular weight excluding hydrogens is 488 g/mol. The molecule has 3 atom stereocenters. The zero-order valence-corrected chi connectivity index (χ0v) is 21.1. The first-order chi connectivity index (χ1) is 16.8. The molecule has 2 aliphatic rings. The first-order valence-electron chi connectivity index (χ1n) is 11.6. The number of nitrogens with one attached hydrogen (secondary N) is 4. The van der Waals surface area contributed by atoms with Crippen LogP contribution in [0.2, 0.25) is 5.02 Å². The molecule has 5 rings (SSSR count). The summed E-state index contributed by atoms with van der Waals surface area (Å²) in [5.41, 5.74) is 2.15. The van der Waals surface area contributed by atoms with Crippen molar-refractivity contribution < 1.29 is 14.4 Å². The molecule has 0 unspecified atom stereocenters. The number of aromatic nitrogens is 2.